The molecule has 1 unspecified atom stereocenters. The standard InChI is InChI=1S/C18H28FNO/c1-3-12-20-16(14-8-5-4-6-9-14)13-15-10-7-11-17(21-2)18(15)19/h7,10-11,14,16,20H,3-6,8-9,12-13H2,1-2H3. The number of benzene rings is 1. The number of hydrogen-bond donors (Lipinski definition) is 1. The first-order valence-corrected chi connectivity index (χ1v) is 8.31. The summed E-state index contributed by atoms with van der Waals surface area (Å²) in [5.41, 5.74) is 0.772. The zero-order chi connectivity index (χ0) is 15.1. The van der Waals surface area contributed by atoms with E-state index in [-0.39, 0.29) is 5.82 Å². The van der Waals surface area contributed by atoms with Crippen molar-refractivity contribution in [3.05, 3.63) is 29.6 Å². The highest BCUT2D eigenvalue weighted by Gasteiger charge is 2.24. The summed E-state index contributed by atoms with van der Waals surface area (Å²) in [5, 5.41) is 3.64. The van der Waals surface area contributed by atoms with Gasteiger partial charge in [-0.3, -0.25) is 0 Å². The van der Waals surface area contributed by atoms with Gasteiger partial charge < -0.3 is 10.1 Å². The van der Waals surface area contributed by atoms with Gasteiger partial charge in [-0.2, -0.15) is 0 Å². The van der Waals surface area contributed by atoms with Crippen molar-refractivity contribution in [1.29, 1.82) is 0 Å². The Morgan fingerprint density at radius 3 is 2.71 bits per heavy atom. The number of ether oxygens (including phenoxy) is 1. The van der Waals surface area contributed by atoms with Crippen molar-refractivity contribution in [1.82, 2.24) is 5.32 Å². The van der Waals surface area contributed by atoms with Crippen LogP contribution in [0.5, 0.6) is 5.75 Å². The highest BCUT2D eigenvalue weighted by Crippen LogP contribution is 2.29. The Bertz CT molecular complexity index is 429. The van der Waals surface area contributed by atoms with E-state index in [1.54, 1.807) is 6.07 Å². The molecule has 1 aliphatic carbocycles. The highest BCUT2D eigenvalue weighted by molar-refractivity contribution is 5.31. The van der Waals surface area contributed by atoms with Gasteiger partial charge in [0.15, 0.2) is 11.6 Å². The molecule has 1 fully saturated rings. The van der Waals surface area contributed by atoms with Gasteiger partial charge in [-0.15, -0.1) is 0 Å². The Kier molecular flexibility index (Phi) is 6.50. The van der Waals surface area contributed by atoms with Crippen molar-refractivity contribution in [2.24, 2.45) is 5.92 Å². The van der Waals surface area contributed by atoms with Gasteiger partial charge in [0.2, 0.25) is 0 Å². The molecule has 0 aliphatic heterocycles. The lowest BCUT2D eigenvalue weighted by Crippen LogP contribution is -2.39. The Morgan fingerprint density at radius 2 is 2.05 bits per heavy atom. The first kappa shape index (κ1) is 16.3. The fourth-order valence-corrected chi connectivity index (χ4v) is 3.38. The number of rotatable bonds is 7. The molecular formula is C18H28FNO. The van der Waals surface area contributed by atoms with Crippen LogP contribution >= 0.6 is 0 Å². The molecular weight excluding hydrogens is 265 g/mol. The maximum absolute atomic E-state index is 14.4. The average molecular weight is 293 g/mol. The lowest BCUT2D eigenvalue weighted by molar-refractivity contribution is 0.265. The topological polar surface area (TPSA) is 21.3 Å². The molecule has 2 nitrogen and oxygen atoms in total. The third kappa shape index (κ3) is 4.44. The molecule has 0 spiro atoms. The normalized spacial score (nSPS) is 17.7. The van der Waals surface area contributed by atoms with Crippen LogP contribution in [0.1, 0.15) is 51.0 Å². The summed E-state index contributed by atoms with van der Waals surface area (Å²) in [6.07, 6.45) is 8.40. The third-order valence-corrected chi connectivity index (χ3v) is 4.58. The second-order valence-corrected chi connectivity index (χ2v) is 6.10. The number of hydrogen-bond acceptors (Lipinski definition) is 2. The van der Waals surface area contributed by atoms with Crippen molar-refractivity contribution in [2.75, 3.05) is 13.7 Å². The van der Waals surface area contributed by atoms with Gasteiger partial charge in [-0.1, -0.05) is 38.3 Å². The van der Waals surface area contributed by atoms with Crippen LogP contribution in [0.25, 0.3) is 0 Å². The Labute approximate surface area is 128 Å². The Morgan fingerprint density at radius 1 is 1.29 bits per heavy atom. The smallest absolute Gasteiger partial charge is 0.168 e. The Balaban J connectivity index is 2.10. The molecule has 0 radical (unpaired) electrons. The Hall–Kier alpha value is -1.09. The molecule has 1 aliphatic rings. The minimum Gasteiger partial charge on any atom is -0.494 e. The number of methoxy groups -OCH3 is 1. The van der Waals surface area contributed by atoms with E-state index in [2.05, 4.69) is 12.2 Å². The fraction of sp³-hybridized carbons (Fsp3) is 0.667. The SMILES string of the molecule is CCCNC(Cc1cccc(OC)c1F)C1CCCCC1. The summed E-state index contributed by atoms with van der Waals surface area (Å²) in [6.45, 7) is 3.18. The van der Waals surface area contributed by atoms with Crippen molar-refractivity contribution in [3.63, 3.8) is 0 Å². The zero-order valence-corrected chi connectivity index (χ0v) is 13.3. The molecule has 3 heteroatoms. The van der Waals surface area contributed by atoms with E-state index < -0.39 is 0 Å². The van der Waals surface area contributed by atoms with Crippen LogP contribution in [0, 0.1) is 11.7 Å². The summed E-state index contributed by atoms with van der Waals surface area (Å²) in [5.74, 6) is 0.834. The van der Waals surface area contributed by atoms with Crippen LogP contribution in [0.3, 0.4) is 0 Å². The van der Waals surface area contributed by atoms with Crippen molar-refractivity contribution in [2.45, 2.75) is 57.9 Å². The molecule has 1 atom stereocenters. The first-order chi connectivity index (χ1) is 10.3. The number of halogens is 1. The van der Waals surface area contributed by atoms with Gasteiger partial charge in [0, 0.05) is 6.04 Å². The van der Waals surface area contributed by atoms with Crippen molar-refractivity contribution >= 4 is 0 Å². The average Bonchev–Trinajstić information content (AvgIpc) is 2.53. The molecule has 1 aromatic rings. The summed E-state index contributed by atoms with van der Waals surface area (Å²) in [7, 11) is 1.52. The van der Waals surface area contributed by atoms with Crippen molar-refractivity contribution < 1.29 is 9.13 Å². The number of nitrogens with one attached hydrogen (secondary N) is 1. The van der Waals surface area contributed by atoms with Gasteiger partial charge in [-0.05, 0) is 49.8 Å². The minimum absolute atomic E-state index is 0.195. The predicted octanol–water partition coefficient (Wildman–Crippen LogP) is 4.33. The van der Waals surface area contributed by atoms with E-state index in [9.17, 15) is 4.39 Å². The van der Waals surface area contributed by atoms with E-state index >= 15 is 0 Å². The lowest BCUT2D eigenvalue weighted by atomic mass is 9.81. The molecule has 1 saturated carbocycles. The molecule has 2 rings (SSSR count). The van der Waals surface area contributed by atoms with Crippen molar-refractivity contribution in [3.8, 4) is 5.75 Å². The van der Waals surface area contributed by atoms with Crippen LogP contribution in [0.2, 0.25) is 0 Å². The quantitative estimate of drug-likeness (QED) is 0.808. The predicted molar refractivity (Wildman–Crippen MR) is 85.3 cm³/mol. The van der Waals surface area contributed by atoms with E-state index in [4.69, 9.17) is 4.74 Å². The largest absolute Gasteiger partial charge is 0.494 e. The van der Waals surface area contributed by atoms with Gasteiger partial charge in [0.25, 0.3) is 0 Å². The summed E-state index contributed by atoms with van der Waals surface area (Å²) >= 11 is 0. The summed E-state index contributed by atoms with van der Waals surface area (Å²) in [6, 6.07) is 5.84. The first-order valence-electron chi connectivity index (χ1n) is 8.31. The van der Waals surface area contributed by atoms with E-state index in [1.807, 2.05) is 12.1 Å². The van der Waals surface area contributed by atoms with E-state index in [0.29, 0.717) is 17.7 Å². The van der Waals surface area contributed by atoms with Gasteiger partial charge >= 0.3 is 0 Å². The monoisotopic (exact) mass is 293 g/mol. The second-order valence-electron chi connectivity index (χ2n) is 6.10. The molecule has 21 heavy (non-hydrogen) atoms. The maximum atomic E-state index is 14.4. The van der Waals surface area contributed by atoms with Crippen LogP contribution in [0.15, 0.2) is 18.2 Å². The zero-order valence-electron chi connectivity index (χ0n) is 13.3. The molecule has 0 aromatic heterocycles. The molecule has 118 valence electrons. The third-order valence-electron chi connectivity index (χ3n) is 4.58. The van der Waals surface area contributed by atoms with E-state index in [0.717, 1.165) is 24.9 Å². The highest BCUT2D eigenvalue weighted by atomic mass is 19.1. The lowest BCUT2D eigenvalue weighted by Gasteiger charge is -2.31. The molecule has 0 saturated heterocycles. The molecule has 1 N–H and O–H groups in total. The molecule has 0 amide bonds. The summed E-state index contributed by atoms with van der Waals surface area (Å²) in [4.78, 5) is 0. The van der Waals surface area contributed by atoms with Crippen LogP contribution in [-0.2, 0) is 6.42 Å². The summed E-state index contributed by atoms with van der Waals surface area (Å²) < 4.78 is 19.5. The maximum Gasteiger partial charge on any atom is 0.168 e. The fourth-order valence-electron chi connectivity index (χ4n) is 3.38. The van der Waals surface area contributed by atoms with Gasteiger partial charge in [0.05, 0.1) is 7.11 Å². The van der Waals surface area contributed by atoms with Crippen LogP contribution in [0.4, 0.5) is 4.39 Å². The van der Waals surface area contributed by atoms with E-state index in [1.165, 1.54) is 39.2 Å². The van der Waals surface area contributed by atoms with Crippen LogP contribution < -0.4 is 10.1 Å². The molecule has 0 heterocycles. The molecule has 1 aromatic carbocycles. The minimum atomic E-state index is -0.195. The van der Waals surface area contributed by atoms with Crippen LogP contribution in [-0.4, -0.2) is 19.7 Å². The second kappa shape index (κ2) is 8.38. The van der Waals surface area contributed by atoms with Gasteiger partial charge in [0.1, 0.15) is 0 Å². The molecule has 0 bridgehead atoms. The van der Waals surface area contributed by atoms with Gasteiger partial charge in [-0.25, -0.2) is 4.39 Å².